The monoisotopic (exact) mass is 391 g/mol. The Kier molecular flexibility index (Phi) is 5.68. The summed E-state index contributed by atoms with van der Waals surface area (Å²) in [5.41, 5.74) is 1.11. The number of hydrogen-bond donors (Lipinski definition) is 1. The summed E-state index contributed by atoms with van der Waals surface area (Å²) >= 11 is 5.79. The first-order valence-corrected chi connectivity index (χ1v) is 10.7. The molecule has 1 aliphatic rings. The molecule has 0 bridgehead atoms. The summed E-state index contributed by atoms with van der Waals surface area (Å²) in [5, 5.41) is 3.31. The van der Waals surface area contributed by atoms with Crippen molar-refractivity contribution < 1.29 is 13.2 Å². The molecule has 0 heterocycles. The SMILES string of the molecule is O=C(CS(=O)(=O)c1ccc(Cl)cc1)NCC1(c2ccccc2)CCCC1. The summed E-state index contributed by atoms with van der Waals surface area (Å²) in [7, 11) is -3.68. The lowest BCUT2D eigenvalue weighted by Crippen LogP contribution is -2.41. The maximum absolute atomic E-state index is 12.4. The first kappa shape index (κ1) is 18.9. The van der Waals surface area contributed by atoms with Gasteiger partial charge < -0.3 is 5.32 Å². The molecule has 1 fully saturated rings. The molecule has 0 saturated heterocycles. The van der Waals surface area contributed by atoms with E-state index in [0.717, 1.165) is 25.7 Å². The summed E-state index contributed by atoms with van der Waals surface area (Å²) in [6.07, 6.45) is 4.24. The number of benzene rings is 2. The third-order valence-corrected chi connectivity index (χ3v) is 6.95. The minimum atomic E-state index is -3.68. The fourth-order valence-corrected chi connectivity index (χ4v) is 4.92. The molecule has 0 aromatic heterocycles. The maximum atomic E-state index is 12.4. The fourth-order valence-electron chi connectivity index (χ4n) is 3.63. The smallest absolute Gasteiger partial charge is 0.235 e. The predicted molar refractivity (Wildman–Crippen MR) is 103 cm³/mol. The standard InChI is InChI=1S/C20H22ClNO3S/c21-17-8-10-18(11-9-17)26(24,25)14-19(23)22-15-20(12-4-5-13-20)16-6-2-1-3-7-16/h1-3,6-11H,4-5,12-15H2,(H,22,23). The van der Waals surface area contributed by atoms with Gasteiger partial charge in [-0.3, -0.25) is 4.79 Å². The highest BCUT2D eigenvalue weighted by atomic mass is 35.5. The molecule has 1 N–H and O–H groups in total. The van der Waals surface area contributed by atoms with Crippen molar-refractivity contribution >= 4 is 27.3 Å². The van der Waals surface area contributed by atoms with Crippen LogP contribution in [0.1, 0.15) is 31.2 Å². The number of rotatable bonds is 6. The fraction of sp³-hybridized carbons (Fsp3) is 0.350. The molecule has 1 amide bonds. The van der Waals surface area contributed by atoms with Crippen molar-refractivity contribution in [3.05, 3.63) is 65.2 Å². The molecule has 2 aromatic rings. The average molecular weight is 392 g/mol. The zero-order valence-electron chi connectivity index (χ0n) is 14.4. The molecule has 0 unspecified atom stereocenters. The van der Waals surface area contributed by atoms with E-state index in [-0.39, 0.29) is 10.3 Å². The molecule has 138 valence electrons. The van der Waals surface area contributed by atoms with Crippen molar-refractivity contribution in [3.8, 4) is 0 Å². The highest BCUT2D eigenvalue weighted by Crippen LogP contribution is 2.40. The molecule has 2 aromatic carbocycles. The average Bonchev–Trinajstić information content (AvgIpc) is 3.11. The third-order valence-electron chi connectivity index (χ3n) is 5.06. The molecule has 3 rings (SSSR count). The van der Waals surface area contributed by atoms with Crippen LogP contribution in [0, 0.1) is 0 Å². The molecule has 0 spiro atoms. The molecule has 4 nitrogen and oxygen atoms in total. The van der Waals surface area contributed by atoms with Gasteiger partial charge in [-0.1, -0.05) is 54.8 Å². The Bertz CT molecular complexity index is 858. The van der Waals surface area contributed by atoms with E-state index >= 15 is 0 Å². The maximum Gasteiger partial charge on any atom is 0.235 e. The first-order valence-electron chi connectivity index (χ1n) is 8.72. The normalized spacial score (nSPS) is 16.3. The minimum Gasteiger partial charge on any atom is -0.354 e. The molecule has 6 heteroatoms. The Morgan fingerprint density at radius 2 is 1.62 bits per heavy atom. The van der Waals surface area contributed by atoms with E-state index in [4.69, 9.17) is 11.6 Å². The molecular formula is C20H22ClNO3S. The number of hydrogen-bond acceptors (Lipinski definition) is 3. The van der Waals surface area contributed by atoms with Gasteiger partial charge in [0.05, 0.1) is 4.90 Å². The van der Waals surface area contributed by atoms with E-state index in [1.807, 2.05) is 18.2 Å². The third kappa shape index (κ3) is 4.27. The summed E-state index contributed by atoms with van der Waals surface area (Å²) in [4.78, 5) is 12.4. The number of amides is 1. The van der Waals surface area contributed by atoms with Gasteiger partial charge in [-0.25, -0.2) is 8.42 Å². The Labute approximate surface area is 159 Å². The van der Waals surface area contributed by atoms with Crippen LogP contribution in [-0.4, -0.2) is 26.6 Å². The van der Waals surface area contributed by atoms with E-state index in [1.54, 1.807) is 0 Å². The summed E-state index contributed by atoms with van der Waals surface area (Å²) in [6.45, 7) is 0.464. The quantitative estimate of drug-likeness (QED) is 0.815. The molecule has 1 saturated carbocycles. The van der Waals surface area contributed by atoms with Crippen LogP contribution in [-0.2, 0) is 20.0 Å². The van der Waals surface area contributed by atoms with Gasteiger partial charge in [0.15, 0.2) is 9.84 Å². The van der Waals surface area contributed by atoms with E-state index in [1.165, 1.54) is 29.8 Å². The molecule has 0 atom stereocenters. The second kappa shape index (κ2) is 7.80. The zero-order chi connectivity index (χ0) is 18.6. The number of carbonyl (C=O) groups is 1. The van der Waals surface area contributed by atoms with Gasteiger partial charge in [-0.05, 0) is 42.7 Å². The van der Waals surface area contributed by atoms with E-state index in [9.17, 15) is 13.2 Å². The van der Waals surface area contributed by atoms with Gasteiger partial charge >= 0.3 is 0 Å². The van der Waals surface area contributed by atoms with Crippen molar-refractivity contribution in [1.29, 1.82) is 0 Å². The van der Waals surface area contributed by atoms with Crippen molar-refractivity contribution in [3.63, 3.8) is 0 Å². The first-order chi connectivity index (χ1) is 12.4. The predicted octanol–water partition coefficient (Wildman–Crippen LogP) is 3.74. The number of nitrogens with one attached hydrogen (secondary N) is 1. The van der Waals surface area contributed by atoms with Gasteiger partial charge in [-0.15, -0.1) is 0 Å². The van der Waals surface area contributed by atoms with Gasteiger partial charge in [0.1, 0.15) is 5.75 Å². The van der Waals surface area contributed by atoms with E-state index in [0.29, 0.717) is 11.6 Å². The van der Waals surface area contributed by atoms with Crippen LogP contribution in [0.2, 0.25) is 5.02 Å². The second-order valence-corrected chi connectivity index (χ2v) is 9.27. The lowest BCUT2D eigenvalue weighted by atomic mass is 9.79. The van der Waals surface area contributed by atoms with E-state index in [2.05, 4.69) is 17.4 Å². The molecule has 1 aliphatic carbocycles. The van der Waals surface area contributed by atoms with Crippen LogP contribution in [0.4, 0.5) is 0 Å². The number of halogens is 1. The van der Waals surface area contributed by atoms with Crippen molar-refractivity contribution in [2.75, 3.05) is 12.3 Å². The van der Waals surface area contributed by atoms with Gasteiger partial charge in [0, 0.05) is 17.0 Å². The highest BCUT2D eigenvalue weighted by molar-refractivity contribution is 7.92. The Morgan fingerprint density at radius 3 is 2.23 bits per heavy atom. The molecule has 26 heavy (non-hydrogen) atoms. The Balaban J connectivity index is 1.67. The number of carbonyl (C=O) groups excluding carboxylic acids is 1. The highest BCUT2D eigenvalue weighted by Gasteiger charge is 2.36. The van der Waals surface area contributed by atoms with Crippen molar-refractivity contribution in [1.82, 2.24) is 5.32 Å². The number of sulfone groups is 1. The lowest BCUT2D eigenvalue weighted by molar-refractivity contribution is -0.118. The Hall–Kier alpha value is -1.85. The largest absolute Gasteiger partial charge is 0.354 e. The summed E-state index contributed by atoms with van der Waals surface area (Å²) in [6, 6.07) is 16.0. The minimum absolute atomic E-state index is 0.0963. The van der Waals surface area contributed by atoms with Crippen LogP contribution >= 0.6 is 11.6 Å². The van der Waals surface area contributed by atoms with Crippen LogP contribution < -0.4 is 5.32 Å². The topological polar surface area (TPSA) is 63.2 Å². The van der Waals surface area contributed by atoms with E-state index < -0.39 is 21.5 Å². The van der Waals surface area contributed by atoms with Crippen molar-refractivity contribution in [2.24, 2.45) is 0 Å². The van der Waals surface area contributed by atoms with Crippen molar-refractivity contribution in [2.45, 2.75) is 36.0 Å². The van der Waals surface area contributed by atoms with Gasteiger partial charge in [0.2, 0.25) is 5.91 Å². The molecule has 0 aliphatic heterocycles. The van der Waals surface area contributed by atoms with Gasteiger partial charge in [-0.2, -0.15) is 0 Å². The zero-order valence-corrected chi connectivity index (χ0v) is 16.0. The van der Waals surface area contributed by atoms with Crippen LogP contribution in [0.3, 0.4) is 0 Å². The molecule has 0 radical (unpaired) electrons. The Morgan fingerprint density at radius 1 is 1.00 bits per heavy atom. The lowest BCUT2D eigenvalue weighted by Gasteiger charge is -2.30. The summed E-state index contributed by atoms with van der Waals surface area (Å²) < 4.78 is 24.8. The van der Waals surface area contributed by atoms with Crippen LogP contribution in [0.15, 0.2) is 59.5 Å². The van der Waals surface area contributed by atoms with Crippen LogP contribution in [0.5, 0.6) is 0 Å². The molecular weight excluding hydrogens is 370 g/mol. The van der Waals surface area contributed by atoms with Gasteiger partial charge in [0.25, 0.3) is 0 Å². The van der Waals surface area contributed by atoms with Crippen LogP contribution in [0.25, 0.3) is 0 Å². The summed E-state index contributed by atoms with van der Waals surface area (Å²) in [5.74, 6) is -1.03. The second-order valence-electron chi connectivity index (χ2n) is 6.84.